The summed E-state index contributed by atoms with van der Waals surface area (Å²) in [6.07, 6.45) is -0.959. The number of rotatable bonds is 7. The molecule has 2 rings (SSSR count). The average Bonchev–Trinajstić information content (AvgIpc) is 2.62. The van der Waals surface area contributed by atoms with Gasteiger partial charge in [-0.3, -0.25) is 9.59 Å². The van der Waals surface area contributed by atoms with E-state index < -0.39 is 18.0 Å². The molecule has 1 atom stereocenters. The van der Waals surface area contributed by atoms with Crippen LogP contribution in [0.4, 0.5) is 5.69 Å². The first-order chi connectivity index (χ1) is 12.9. The molecule has 0 heterocycles. The van der Waals surface area contributed by atoms with E-state index in [1.54, 1.807) is 12.1 Å². The van der Waals surface area contributed by atoms with Gasteiger partial charge in [0.1, 0.15) is 11.8 Å². The molecule has 0 radical (unpaired) electrons. The third kappa shape index (κ3) is 6.32. The van der Waals surface area contributed by atoms with Crippen molar-refractivity contribution in [1.82, 2.24) is 0 Å². The maximum Gasteiger partial charge on any atom is 0.310 e. The van der Waals surface area contributed by atoms with Gasteiger partial charge < -0.3 is 14.8 Å². The van der Waals surface area contributed by atoms with Crippen LogP contribution in [0.1, 0.15) is 24.5 Å². The molecule has 0 spiro atoms. The molecule has 2 aromatic rings. The van der Waals surface area contributed by atoms with Crippen LogP contribution in [-0.2, 0) is 14.3 Å². The Morgan fingerprint density at radius 1 is 1.26 bits per heavy atom. The zero-order valence-corrected chi connectivity index (χ0v) is 15.7. The lowest BCUT2D eigenvalue weighted by atomic mass is 10.2. The molecular formula is C20H19ClN2O4. The highest BCUT2D eigenvalue weighted by Gasteiger charge is 2.18. The molecule has 6 nitrogen and oxygen atoms in total. The molecule has 1 amide bonds. The van der Waals surface area contributed by atoms with E-state index in [0.29, 0.717) is 17.0 Å². The second-order valence-electron chi connectivity index (χ2n) is 5.84. The summed E-state index contributed by atoms with van der Waals surface area (Å²) in [5.41, 5.74) is 1.78. The minimum Gasteiger partial charge on any atom is -0.493 e. The second kappa shape index (κ2) is 9.60. The average molecular weight is 387 g/mol. The predicted molar refractivity (Wildman–Crippen MR) is 102 cm³/mol. The van der Waals surface area contributed by atoms with Crippen molar-refractivity contribution in [2.75, 3.05) is 11.9 Å². The van der Waals surface area contributed by atoms with Crippen LogP contribution < -0.4 is 10.1 Å². The van der Waals surface area contributed by atoms with E-state index in [1.165, 1.54) is 19.1 Å². The van der Waals surface area contributed by atoms with E-state index in [9.17, 15) is 9.59 Å². The number of carbonyl (C=O) groups is 2. The standard InChI is InChI=1S/C20H19ClN2O4/c1-13-4-3-5-17(10-13)26-9-8-19(24)27-14(2)20(25)23-16-7-6-15(12-22)18(21)11-16/h3-7,10-11,14H,8-9H2,1-2H3,(H,23,25)/t14-/m1/s1. The number of anilines is 1. The molecule has 27 heavy (non-hydrogen) atoms. The maximum atomic E-state index is 12.1. The van der Waals surface area contributed by atoms with Crippen molar-refractivity contribution < 1.29 is 19.1 Å². The third-order valence-electron chi connectivity index (χ3n) is 3.60. The summed E-state index contributed by atoms with van der Waals surface area (Å²) in [6, 6.07) is 13.9. The summed E-state index contributed by atoms with van der Waals surface area (Å²) in [6.45, 7) is 3.57. The van der Waals surface area contributed by atoms with Crippen molar-refractivity contribution in [3.63, 3.8) is 0 Å². The van der Waals surface area contributed by atoms with Crippen molar-refractivity contribution in [3.05, 3.63) is 58.6 Å². The number of carbonyl (C=O) groups excluding carboxylic acids is 2. The zero-order chi connectivity index (χ0) is 19.8. The fraction of sp³-hybridized carbons (Fsp3) is 0.250. The van der Waals surface area contributed by atoms with Gasteiger partial charge in [-0.1, -0.05) is 23.7 Å². The molecule has 140 valence electrons. The number of hydrogen-bond acceptors (Lipinski definition) is 5. The number of amides is 1. The van der Waals surface area contributed by atoms with Crippen molar-refractivity contribution in [3.8, 4) is 11.8 Å². The number of nitrogens with one attached hydrogen (secondary N) is 1. The van der Waals surface area contributed by atoms with E-state index in [4.69, 9.17) is 26.3 Å². The normalized spacial score (nSPS) is 11.2. The Kier molecular flexibility index (Phi) is 7.21. The van der Waals surface area contributed by atoms with E-state index in [-0.39, 0.29) is 18.1 Å². The van der Waals surface area contributed by atoms with Crippen LogP contribution in [0.2, 0.25) is 5.02 Å². The van der Waals surface area contributed by atoms with Gasteiger partial charge in [0.25, 0.3) is 5.91 Å². The number of aryl methyl sites for hydroxylation is 1. The number of ether oxygens (including phenoxy) is 2. The highest BCUT2D eigenvalue weighted by molar-refractivity contribution is 6.32. The SMILES string of the molecule is Cc1cccc(OCCC(=O)O[C@H](C)C(=O)Nc2ccc(C#N)c(Cl)c2)c1. The van der Waals surface area contributed by atoms with Crippen LogP contribution in [0.15, 0.2) is 42.5 Å². The fourth-order valence-corrected chi connectivity index (χ4v) is 2.42. The first kappa shape index (κ1) is 20.3. The number of halogens is 1. The monoisotopic (exact) mass is 386 g/mol. The van der Waals surface area contributed by atoms with Gasteiger partial charge in [-0.15, -0.1) is 0 Å². The van der Waals surface area contributed by atoms with Crippen LogP contribution in [0.25, 0.3) is 0 Å². The number of hydrogen-bond donors (Lipinski definition) is 1. The van der Waals surface area contributed by atoms with Gasteiger partial charge in [-0.25, -0.2) is 0 Å². The molecule has 1 N–H and O–H groups in total. The molecular weight excluding hydrogens is 368 g/mol. The first-order valence-corrected chi connectivity index (χ1v) is 8.66. The Morgan fingerprint density at radius 2 is 2.04 bits per heavy atom. The van der Waals surface area contributed by atoms with Crippen LogP contribution in [0.5, 0.6) is 5.75 Å². The quantitative estimate of drug-likeness (QED) is 0.730. The molecule has 0 aliphatic rings. The lowest BCUT2D eigenvalue weighted by Crippen LogP contribution is -2.30. The first-order valence-electron chi connectivity index (χ1n) is 8.28. The fourth-order valence-electron chi connectivity index (χ4n) is 2.19. The van der Waals surface area contributed by atoms with Gasteiger partial charge in [0, 0.05) is 5.69 Å². The summed E-state index contributed by atoms with van der Waals surface area (Å²) in [5, 5.41) is 11.7. The molecule has 0 unspecified atom stereocenters. The van der Waals surface area contributed by atoms with E-state index in [0.717, 1.165) is 5.56 Å². The van der Waals surface area contributed by atoms with Crippen LogP contribution in [-0.4, -0.2) is 24.6 Å². The lowest BCUT2D eigenvalue weighted by Gasteiger charge is -2.14. The highest BCUT2D eigenvalue weighted by Crippen LogP contribution is 2.20. The van der Waals surface area contributed by atoms with Crippen molar-refractivity contribution in [2.24, 2.45) is 0 Å². The van der Waals surface area contributed by atoms with Gasteiger partial charge >= 0.3 is 5.97 Å². The lowest BCUT2D eigenvalue weighted by molar-refractivity contribution is -0.153. The summed E-state index contributed by atoms with van der Waals surface area (Å²) in [7, 11) is 0. The Bertz CT molecular complexity index is 877. The van der Waals surface area contributed by atoms with Crippen LogP contribution >= 0.6 is 11.6 Å². The second-order valence-corrected chi connectivity index (χ2v) is 6.25. The largest absolute Gasteiger partial charge is 0.493 e. The zero-order valence-electron chi connectivity index (χ0n) is 15.0. The van der Waals surface area contributed by atoms with Gasteiger partial charge in [0.15, 0.2) is 6.10 Å². The molecule has 0 aromatic heterocycles. The van der Waals surface area contributed by atoms with Crippen molar-refractivity contribution in [1.29, 1.82) is 5.26 Å². The summed E-state index contributed by atoms with van der Waals surface area (Å²) >= 11 is 5.92. The maximum absolute atomic E-state index is 12.1. The summed E-state index contributed by atoms with van der Waals surface area (Å²) in [4.78, 5) is 24.0. The van der Waals surface area contributed by atoms with Gasteiger partial charge in [0.2, 0.25) is 0 Å². The Labute approximate surface area is 162 Å². The summed E-state index contributed by atoms with van der Waals surface area (Å²) < 4.78 is 10.6. The minimum atomic E-state index is -0.981. The van der Waals surface area contributed by atoms with Gasteiger partial charge in [-0.05, 0) is 49.7 Å². The van der Waals surface area contributed by atoms with Gasteiger partial charge in [-0.2, -0.15) is 5.26 Å². The smallest absolute Gasteiger partial charge is 0.310 e. The Morgan fingerprint density at radius 3 is 2.70 bits per heavy atom. The van der Waals surface area contributed by atoms with E-state index in [2.05, 4.69) is 5.32 Å². The Hall–Kier alpha value is -3.04. The molecule has 0 fully saturated rings. The molecule has 2 aromatic carbocycles. The molecule has 0 saturated heterocycles. The molecule has 0 aliphatic heterocycles. The number of benzene rings is 2. The van der Waals surface area contributed by atoms with Crippen molar-refractivity contribution in [2.45, 2.75) is 26.4 Å². The molecule has 0 bridgehead atoms. The minimum absolute atomic E-state index is 0.0221. The van der Waals surface area contributed by atoms with E-state index >= 15 is 0 Å². The predicted octanol–water partition coefficient (Wildman–Crippen LogP) is 3.86. The number of esters is 1. The molecule has 0 saturated carbocycles. The van der Waals surface area contributed by atoms with Crippen LogP contribution in [0.3, 0.4) is 0 Å². The third-order valence-corrected chi connectivity index (χ3v) is 3.91. The molecule has 0 aliphatic carbocycles. The summed E-state index contributed by atoms with van der Waals surface area (Å²) in [5.74, 6) is -0.363. The molecule has 7 heteroatoms. The number of nitrogens with zero attached hydrogens (tertiary/aromatic N) is 1. The highest BCUT2D eigenvalue weighted by atomic mass is 35.5. The Balaban J connectivity index is 1.78. The van der Waals surface area contributed by atoms with Crippen molar-refractivity contribution >= 4 is 29.2 Å². The van der Waals surface area contributed by atoms with Crippen LogP contribution in [0, 0.1) is 18.3 Å². The topological polar surface area (TPSA) is 88.4 Å². The van der Waals surface area contributed by atoms with Gasteiger partial charge in [0.05, 0.1) is 23.6 Å². The van der Waals surface area contributed by atoms with E-state index in [1.807, 2.05) is 31.2 Å². The number of nitriles is 1.